The molecule has 1 aromatic carbocycles. The van der Waals surface area contributed by atoms with Crippen LogP contribution in [0.4, 0.5) is 0 Å². The van der Waals surface area contributed by atoms with Crippen LogP contribution in [0, 0.1) is 5.41 Å². The van der Waals surface area contributed by atoms with Gasteiger partial charge in [-0.3, -0.25) is 9.59 Å². The van der Waals surface area contributed by atoms with Crippen molar-refractivity contribution in [1.29, 1.82) is 0 Å². The summed E-state index contributed by atoms with van der Waals surface area (Å²) in [5.41, 5.74) is 6.14. The monoisotopic (exact) mass is 234 g/mol. The lowest BCUT2D eigenvalue weighted by Crippen LogP contribution is -2.34. The van der Waals surface area contributed by atoms with Gasteiger partial charge in [0.2, 0.25) is 11.8 Å². The molecule has 1 aromatic rings. The van der Waals surface area contributed by atoms with Gasteiger partial charge in [-0.2, -0.15) is 0 Å². The molecule has 0 heterocycles. The summed E-state index contributed by atoms with van der Waals surface area (Å²) in [7, 11) is 0. The molecule has 0 saturated carbocycles. The van der Waals surface area contributed by atoms with Crippen molar-refractivity contribution in [1.82, 2.24) is 5.32 Å². The number of hydrogen-bond donors (Lipinski definition) is 2. The van der Waals surface area contributed by atoms with Crippen LogP contribution in [0.1, 0.15) is 36.7 Å². The average molecular weight is 234 g/mol. The number of carbonyl (C=O) groups is 2. The molecule has 1 rings (SSSR count). The van der Waals surface area contributed by atoms with Crippen LogP contribution in [0.25, 0.3) is 0 Å². The first kappa shape index (κ1) is 13.2. The van der Waals surface area contributed by atoms with Crippen LogP contribution in [0.15, 0.2) is 24.3 Å². The van der Waals surface area contributed by atoms with Gasteiger partial charge in [-0.25, -0.2) is 0 Å². The van der Waals surface area contributed by atoms with E-state index < -0.39 is 11.3 Å². The molecule has 0 saturated heterocycles. The number of rotatable bonds is 3. The molecule has 4 heteroatoms. The first-order valence-electron chi connectivity index (χ1n) is 5.48. The molecule has 0 aliphatic heterocycles. The number of hydrogen-bond acceptors (Lipinski definition) is 2. The van der Waals surface area contributed by atoms with Crippen LogP contribution in [-0.4, -0.2) is 11.8 Å². The molecule has 2 amide bonds. The Labute approximate surface area is 101 Å². The molecule has 3 N–H and O–H groups in total. The second kappa shape index (κ2) is 4.99. The lowest BCUT2D eigenvalue weighted by molar-refractivity contribution is -0.128. The summed E-state index contributed by atoms with van der Waals surface area (Å²) >= 11 is 0. The molecular formula is C13H18N2O2. The number of carbonyl (C=O) groups excluding carboxylic acids is 2. The lowest BCUT2D eigenvalue weighted by atomic mass is 9.95. The maximum atomic E-state index is 11.6. The summed E-state index contributed by atoms with van der Waals surface area (Å²) in [6, 6.07) is 6.87. The highest BCUT2D eigenvalue weighted by Crippen LogP contribution is 2.13. The summed E-state index contributed by atoms with van der Waals surface area (Å²) < 4.78 is 0. The minimum Gasteiger partial charge on any atom is -0.366 e. The Kier molecular flexibility index (Phi) is 3.89. The van der Waals surface area contributed by atoms with Gasteiger partial charge in [0.15, 0.2) is 0 Å². The molecule has 0 fully saturated rings. The molecule has 17 heavy (non-hydrogen) atoms. The van der Waals surface area contributed by atoms with Crippen molar-refractivity contribution in [2.45, 2.75) is 27.3 Å². The second-order valence-electron chi connectivity index (χ2n) is 4.99. The third-order valence-corrected chi connectivity index (χ3v) is 2.37. The van der Waals surface area contributed by atoms with Gasteiger partial charge in [0.1, 0.15) is 0 Å². The fraction of sp³-hybridized carbons (Fsp3) is 0.385. The molecule has 4 nitrogen and oxygen atoms in total. The Hall–Kier alpha value is -1.84. The van der Waals surface area contributed by atoms with Crippen LogP contribution < -0.4 is 11.1 Å². The van der Waals surface area contributed by atoms with Crippen LogP contribution in [0.3, 0.4) is 0 Å². The van der Waals surface area contributed by atoms with E-state index in [1.54, 1.807) is 24.3 Å². The first-order chi connectivity index (χ1) is 7.80. The SMILES string of the molecule is CC(C)(C)C(=O)NCc1ccc(C(N)=O)cc1. The number of nitrogens with one attached hydrogen (secondary N) is 1. The Balaban J connectivity index is 2.59. The van der Waals surface area contributed by atoms with E-state index in [0.29, 0.717) is 12.1 Å². The van der Waals surface area contributed by atoms with Crippen molar-refractivity contribution in [2.24, 2.45) is 11.1 Å². The largest absolute Gasteiger partial charge is 0.366 e. The zero-order chi connectivity index (χ0) is 13.1. The predicted octanol–water partition coefficient (Wildman–Crippen LogP) is 1.45. The Morgan fingerprint density at radius 2 is 1.71 bits per heavy atom. The maximum absolute atomic E-state index is 11.6. The van der Waals surface area contributed by atoms with Gasteiger partial charge in [-0.15, -0.1) is 0 Å². The van der Waals surface area contributed by atoms with E-state index in [4.69, 9.17) is 5.73 Å². The van der Waals surface area contributed by atoms with Gasteiger partial charge in [0.25, 0.3) is 0 Å². The number of nitrogens with two attached hydrogens (primary N) is 1. The third-order valence-electron chi connectivity index (χ3n) is 2.37. The van der Waals surface area contributed by atoms with Gasteiger partial charge in [0.05, 0.1) is 0 Å². The molecule has 0 aliphatic carbocycles. The van der Waals surface area contributed by atoms with Crippen LogP contribution in [-0.2, 0) is 11.3 Å². The summed E-state index contributed by atoms with van der Waals surface area (Å²) in [5.74, 6) is -0.452. The highest BCUT2D eigenvalue weighted by atomic mass is 16.2. The van der Waals surface area contributed by atoms with E-state index in [1.807, 2.05) is 20.8 Å². The van der Waals surface area contributed by atoms with Crippen molar-refractivity contribution in [3.8, 4) is 0 Å². The van der Waals surface area contributed by atoms with Crippen LogP contribution in [0.5, 0.6) is 0 Å². The van der Waals surface area contributed by atoms with Crippen molar-refractivity contribution in [3.05, 3.63) is 35.4 Å². The van der Waals surface area contributed by atoms with Crippen molar-refractivity contribution in [2.75, 3.05) is 0 Å². The second-order valence-corrected chi connectivity index (χ2v) is 4.99. The predicted molar refractivity (Wildman–Crippen MR) is 66.3 cm³/mol. The van der Waals surface area contributed by atoms with E-state index >= 15 is 0 Å². The third kappa shape index (κ3) is 3.90. The van der Waals surface area contributed by atoms with E-state index in [1.165, 1.54) is 0 Å². The zero-order valence-electron chi connectivity index (χ0n) is 10.4. The Morgan fingerprint density at radius 3 is 2.12 bits per heavy atom. The average Bonchev–Trinajstić information content (AvgIpc) is 2.25. The summed E-state index contributed by atoms with van der Waals surface area (Å²) in [6.45, 7) is 6.03. The highest BCUT2D eigenvalue weighted by Gasteiger charge is 2.20. The van der Waals surface area contributed by atoms with Crippen molar-refractivity contribution in [3.63, 3.8) is 0 Å². The van der Waals surface area contributed by atoms with Crippen LogP contribution in [0.2, 0.25) is 0 Å². The molecule has 0 spiro atoms. The first-order valence-corrected chi connectivity index (χ1v) is 5.48. The van der Waals surface area contributed by atoms with Crippen molar-refractivity contribution >= 4 is 11.8 Å². The minimum absolute atomic E-state index is 0.00326. The van der Waals surface area contributed by atoms with E-state index in [2.05, 4.69) is 5.32 Å². The van der Waals surface area contributed by atoms with Gasteiger partial charge in [-0.1, -0.05) is 32.9 Å². The normalized spacial score (nSPS) is 11.0. The Bertz CT molecular complexity index is 416. The van der Waals surface area contributed by atoms with Gasteiger partial charge >= 0.3 is 0 Å². The molecule has 0 aromatic heterocycles. The van der Waals surface area contributed by atoms with Crippen LogP contribution >= 0.6 is 0 Å². The summed E-state index contributed by atoms with van der Waals surface area (Å²) in [6.07, 6.45) is 0. The maximum Gasteiger partial charge on any atom is 0.248 e. The Morgan fingerprint density at radius 1 is 1.18 bits per heavy atom. The standard InChI is InChI=1S/C13H18N2O2/c1-13(2,3)12(17)15-8-9-4-6-10(7-5-9)11(14)16/h4-7H,8H2,1-3H3,(H2,14,16)(H,15,17). The number of benzene rings is 1. The minimum atomic E-state index is -0.449. The number of amides is 2. The molecular weight excluding hydrogens is 216 g/mol. The quantitative estimate of drug-likeness (QED) is 0.830. The van der Waals surface area contributed by atoms with Crippen molar-refractivity contribution < 1.29 is 9.59 Å². The van der Waals surface area contributed by atoms with Gasteiger partial charge in [-0.05, 0) is 17.7 Å². The number of primary amides is 1. The fourth-order valence-corrected chi connectivity index (χ4v) is 1.23. The van der Waals surface area contributed by atoms with E-state index in [-0.39, 0.29) is 5.91 Å². The summed E-state index contributed by atoms with van der Waals surface area (Å²) in [5, 5.41) is 2.83. The topological polar surface area (TPSA) is 72.2 Å². The fourth-order valence-electron chi connectivity index (χ4n) is 1.23. The van der Waals surface area contributed by atoms with Gasteiger partial charge < -0.3 is 11.1 Å². The molecule has 0 radical (unpaired) electrons. The van der Waals surface area contributed by atoms with Gasteiger partial charge in [0, 0.05) is 17.5 Å². The molecule has 0 unspecified atom stereocenters. The highest BCUT2D eigenvalue weighted by molar-refractivity contribution is 5.92. The lowest BCUT2D eigenvalue weighted by Gasteiger charge is -2.17. The molecule has 0 aliphatic rings. The van der Waals surface area contributed by atoms with E-state index in [9.17, 15) is 9.59 Å². The molecule has 0 atom stereocenters. The smallest absolute Gasteiger partial charge is 0.248 e. The molecule has 92 valence electrons. The summed E-state index contributed by atoms with van der Waals surface area (Å²) in [4.78, 5) is 22.5. The zero-order valence-corrected chi connectivity index (χ0v) is 10.4. The molecule has 0 bridgehead atoms. The van der Waals surface area contributed by atoms with E-state index in [0.717, 1.165) is 5.56 Å².